The fraction of sp³-hybridized carbons (Fsp3) is 0.571. The van der Waals surface area contributed by atoms with E-state index in [1.165, 1.54) is 0 Å². The molecule has 1 fully saturated rings. The first kappa shape index (κ1) is 12.6. The normalized spacial score (nSPS) is 19.2. The van der Waals surface area contributed by atoms with Gasteiger partial charge in [-0.2, -0.15) is 0 Å². The number of aliphatic hydroxyl groups excluding tert-OH is 1. The summed E-state index contributed by atoms with van der Waals surface area (Å²) in [4.78, 5) is 0. The maximum absolute atomic E-state index is 9.40. The smallest absolute Gasteiger partial charge is 0.0761 e. The van der Waals surface area contributed by atoms with Crippen LogP contribution in [0.3, 0.4) is 0 Å². The van der Waals surface area contributed by atoms with E-state index in [2.05, 4.69) is 0 Å². The molecule has 0 spiro atoms. The van der Waals surface area contributed by atoms with Crippen LogP contribution >= 0.6 is 0 Å². The Morgan fingerprint density at radius 2 is 1.94 bits per heavy atom. The van der Waals surface area contributed by atoms with Crippen molar-refractivity contribution in [3.05, 3.63) is 35.4 Å². The van der Waals surface area contributed by atoms with E-state index in [4.69, 9.17) is 9.47 Å². The van der Waals surface area contributed by atoms with E-state index < -0.39 is 6.10 Å². The van der Waals surface area contributed by atoms with Crippen molar-refractivity contribution in [1.82, 2.24) is 0 Å². The standard InChI is InChI=1S/C14H20O3/c1-11(15)13-4-2-12(3-5-13)10-17-14-6-8-16-9-7-14/h2-5,11,14-15H,6-10H2,1H3. The van der Waals surface area contributed by atoms with Gasteiger partial charge in [-0.05, 0) is 30.9 Å². The third-order valence-corrected chi connectivity index (χ3v) is 3.12. The molecule has 94 valence electrons. The van der Waals surface area contributed by atoms with Gasteiger partial charge in [0.05, 0.1) is 18.8 Å². The molecule has 1 N–H and O–H groups in total. The van der Waals surface area contributed by atoms with Gasteiger partial charge in [-0.15, -0.1) is 0 Å². The molecule has 0 amide bonds. The van der Waals surface area contributed by atoms with Gasteiger partial charge in [0.25, 0.3) is 0 Å². The number of ether oxygens (including phenoxy) is 2. The SMILES string of the molecule is CC(O)c1ccc(COC2CCOCC2)cc1. The molecule has 1 unspecified atom stereocenters. The monoisotopic (exact) mass is 236 g/mol. The molecule has 1 aromatic rings. The van der Waals surface area contributed by atoms with Crippen molar-refractivity contribution in [2.24, 2.45) is 0 Å². The van der Waals surface area contributed by atoms with Crippen molar-refractivity contribution in [2.45, 2.75) is 38.6 Å². The number of hydrogen-bond acceptors (Lipinski definition) is 3. The molecule has 2 rings (SSSR count). The quantitative estimate of drug-likeness (QED) is 0.872. The molecule has 1 aliphatic rings. The Morgan fingerprint density at radius 1 is 1.29 bits per heavy atom. The van der Waals surface area contributed by atoms with Crippen LogP contribution in [0.4, 0.5) is 0 Å². The summed E-state index contributed by atoms with van der Waals surface area (Å²) in [7, 11) is 0. The van der Waals surface area contributed by atoms with Crippen molar-refractivity contribution < 1.29 is 14.6 Å². The van der Waals surface area contributed by atoms with Crippen molar-refractivity contribution in [3.8, 4) is 0 Å². The molecule has 0 radical (unpaired) electrons. The Labute approximate surface area is 102 Å². The lowest BCUT2D eigenvalue weighted by Crippen LogP contribution is -2.23. The minimum atomic E-state index is -0.402. The lowest BCUT2D eigenvalue weighted by molar-refractivity contribution is -0.0390. The Bertz CT molecular complexity index is 326. The predicted molar refractivity (Wildman–Crippen MR) is 65.7 cm³/mol. The van der Waals surface area contributed by atoms with Gasteiger partial charge in [-0.25, -0.2) is 0 Å². The number of aliphatic hydroxyl groups is 1. The van der Waals surface area contributed by atoms with E-state index in [9.17, 15) is 5.11 Å². The van der Waals surface area contributed by atoms with Crippen molar-refractivity contribution in [1.29, 1.82) is 0 Å². The van der Waals surface area contributed by atoms with Crippen molar-refractivity contribution in [3.63, 3.8) is 0 Å². The van der Waals surface area contributed by atoms with E-state index >= 15 is 0 Å². The minimum Gasteiger partial charge on any atom is -0.389 e. The highest BCUT2D eigenvalue weighted by Gasteiger charge is 2.13. The molecular formula is C14H20O3. The van der Waals surface area contributed by atoms with Gasteiger partial charge in [0.1, 0.15) is 0 Å². The highest BCUT2D eigenvalue weighted by Crippen LogP contribution is 2.16. The molecule has 1 heterocycles. The lowest BCUT2D eigenvalue weighted by atomic mass is 10.1. The summed E-state index contributed by atoms with van der Waals surface area (Å²) in [5.41, 5.74) is 2.10. The Kier molecular flexibility index (Phi) is 4.54. The highest BCUT2D eigenvalue weighted by molar-refractivity contribution is 5.23. The highest BCUT2D eigenvalue weighted by atomic mass is 16.5. The summed E-state index contributed by atoms with van der Waals surface area (Å²) in [6.07, 6.45) is 1.91. The Hall–Kier alpha value is -0.900. The topological polar surface area (TPSA) is 38.7 Å². The first-order chi connectivity index (χ1) is 8.25. The Morgan fingerprint density at radius 3 is 2.53 bits per heavy atom. The molecule has 1 atom stereocenters. The fourth-order valence-corrected chi connectivity index (χ4v) is 1.95. The third kappa shape index (κ3) is 3.80. The van der Waals surface area contributed by atoms with E-state index in [0.717, 1.165) is 37.2 Å². The number of benzene rings is 1. The number of hydrogen-bond donors (Lipinski definition) is 1. The van der Waals surface area contributed by atoms with Crippen LogP contribution in [0.1, 0.15) is 37.0 Å². The minimum absolute atomic E-state index is 0.334. The zero-order valence-electron chi connectivity index (χ0n) is 10.3. The molecule has 0 aromatic heterocycles. The molecule has 1 aromatic carbocycles. The molecule has 17 heavy (non-hydrogen) atoms. The Balaban J connectivity index is 1.82. The molecule has 0 saturated carbocycles. The summed E-state index contributed by atoms with van der Waals surface area (Å²) in [6, 6.07) is 7.93. The average Bonchev–Trinajstić information content (AvgIpc) is 2.38. The van der Waals surface area contributed by atoms with E-state index in [-0.39, 0.29) is 0 Å². The van der Waals surface area contributed by atoms with Gasteiger partial charge < -0.3 is 14.6 Å². The van der Waals surface area contributed by atoms with Gasteiger partial charge in [-0.1, -0.05) is 24.3 Å². The molecule has 3 heteroatoms. The van der Waals surface area contributed by atoms with Gasteiger partial charge in [0.2, 0.25) is 0 Å². The molecule has 1 aliphatic heterocycles. The van der Waals surface area contributed by atoms with Crippen molar-refractivity contribution >= 4 is 0 Å². The summed E-state index contributed by atoms with van der Waals surface area (Å²) in [5.74, 6) is 0. The lowest BCUT2D eigenvalue weighted by Gasteiger charge is -2.22. The largest absolute Gasteiger partial charge is 0.389 e. The molecule has 1 saturated heterocycles. The van der Waals surface area contributed by atoms with E-state index in [1.807, 2.05) is 24.3 Å². The zero-order chi connectivity index (χ0) is 12.1. The first-order valence-electron chi connectivity index (χ1n) is 6.22. The maximum atomic E-state index is 9.40. The van der Waals surface area contributed by atoms with Crippen molar-refractivity contribution in [2.75, 3.05) is 13.2 Å². The average molecular weight is 236 g/mol. The van der Waals surface area contributed by atoms with E-state index in [0.29, 0.717) is 12.7 Å². The van der Waals surface area contributed by atoms with Crippen LogP contribution in [0, 0.1) is 0 Å². The van der Waals surface area contributed by atoms with Crippen LogP contribution in [0.25, 0.3) is 0 Å². The predicted octanol–water partition coefficient (Wildman–Crippen LogP) is 2.44. The third-order valence-electron chi connectivity index (χ3n) is 3.12. The van der Waals surface area contributed by atoms with Gasteiger partial charge in [-0.3, -0.25) is 0 Å². The van der Waals surface area contributed by atoms with Crippen LogP contribution in [0.5, 0.6) is 0 Å². The van der Waals surface area contributed by atoms with Crippen LogP contribution < -0.4 is 0 Å². The second-order valence-electron chi connectivity index (χ2n) is 4.54. The van der Waals surface area contributed by atoms with Crippen LogP contribution in [-0.4, -0.2) is 24.4 Å². The summed E-state index contributed by atoms with van der Waals surface area (Å²) < 4.78 is 11.1. The summed E-state index contributed by atoms with van der Waals surface area (Å²) >= 11 is 0. The van der Waals surface area contributed by atoms with Crippen LogP contribution in [0.15, 0.2) is 24.3 Å². The van der Waals surface area contributed by atoms with Crippen LogP contribution in [-0.2, 0) is 16.1 Å². The zero-order valence-corrected chi connectivity index (χ0v) is 10.3. The molecular weight excluding hydrogens is 216 g/mol. The van der Waals surface area contributed by atoms with E-state index in [1.54, 1.807) is 6.92 Å². The summed E-state index contributed by atoms with van der Waals surface area (Å²) in [6.45, 7) is 4.04. The van der Waals surface area contributed by atoms with Crippen LogP contribution in [0.2, 0.25) is 0 Å². The van der Waals surface area contributed by atoms with Gasteiger partial charge in [0.15, 0.2) is 0 Å². The first-order valence-corrected chi connectivity index (χ1v) is 6.22. The second kappa shape index (κ2) is 6.15. The fourth-order valence-electron chi connectivity index (χ4n) is 1.95. The maximum Gasteiger partial charge on any atom is 0.0761 e. The van der Waals surface area contributed by atoms with Gasteiger partial charge in [0, 0.05) is 13.2 Å². The number of rotatable bonds is 4. The molecule has 3 nitrogen and oxygen atoms in total. The second-order valence-corrected chi connectivity index (χ2v) is 4.54. The molecule has 0 bridgehead atoms. The summed E-state index contributed by atoms with van der Waals surface area (Å²) in [5, 5.41) is 9.40. The van der Waals surface area contributed by atoms with Gasteiger partial charge >= 0.3 is 0 Å². The molecule has 0 aliphatic carbocycles.